The molecule has 0 saturated carbocycles. The van der Waals surface area contributed by atoms with Gasteiger partial charge in [0.15, 0.2) is 0 Å². The Morgan fingerprint density at radius 1 is 1.37 bits per heavy atom. The van der Waals surface area contributed by atoms with Gasteiger partial charge in [0.05, 0.1) is 19.8 Å². The Kier molecular flexibility index (Phi) is 3.92. The van der Waals surface area contributed by atoms with Crippen LogP contribution in [0.25, 0.3) is 0 Å². The molecule has 0 atom stereocenters. The third-order valence-corrected chi connectivity index (χ3v) is 3.85. The number of aliphatic hydroxyl groups is 1. The van der Waals surface area contributed by atoms with Gasteiger partial charge in [0.25, 0.3) is 0 Å². The number of benzene rings is 1. The average molecular weight is 263 g/mol. The number of rotatable bonds is 4. The molecular weight excluding hydrogens is 242 g/mol. The van der Waals surface area contributed by atoms with E-state index in [0.29, 0.717) is 19.8 Å². The number of aryl methyl sites for hydroxylation is 2. The molecule has 1 aromatic rings. The lowest BCUT2D eigenvalue weighted by Gasteiger charge is -2.40. The van der Waals surface area contributed by atoms with Crippen molar-refractivity contribution < 1.29 is 14.6 Å². The molecule has 19 heavy (non-hydrogen) atoms. The molecule has 0 spiro atoms. The molecule has 0 unspecified atom stereocenters. The fourth-order valence-electron chi connectivity index (χ4n) is 2.28. The highest BCUT2D eigenvalue weighted by Gasteiger charge is 2.46. The molecule has 0 aromatic heterocycles. The zero-order chi connectivity index (χ0) is 14.0. The molecule has 1 N–H and O–H groups in total. The van der Waals surface area contributed by atoms with Crippen LogP contribution in [-0.2, 0) is 16.1 Å². The van der Waals surface area contributed by atoms with Crippen molar-refractivity contribution in [2.75, 3.05) is 26.9 Å². The van der Waals surface area contributed by atoms with Crippen LogP contribution in [0.2, 0.25) is 0 Å². The molecule has 0 bridgehead atoms. The first kappa shape index (κ1) is 14.0. The standard InChI is InChI=1S/C15H21NO3/c1-11-4-5-13(6-12(11)2)7-16(3)14(18)15(8-17)9-19-10-15/h4-6,17H,7-10H2,1-3H3. The van der Waals surface area contributed by atoms with Crippen LogP contribution < -0.4 is 0 Å². The van der Waals surface area contributed by atoms with E-state index < -0.39 is 5.41 Å². The maximum atomic E-state index is 12.3. The Hall–Kier alpha value is -1.39. The summed E-state index contributed by atoms with van der Waals surface area (Å²) < 4.78 is 5.08. The first-order valence-electron chi connectivity index (χ1n) is 6.49. The van der Waals surface area contributed by atoms with Gasteiger partial charge >= 0.3 is 0 Å². The van der Waals surface area contributed by atoms with E-state index in [-0.39, 0.29) is 12.5 Å². The molecular formula is C15H21NO3. The van der Waals surface area contributed by atoms with Crippen molar-refractivity contribution in [3.05, 3.63) is 34.9 Å². The summed E-state index contributed by atoms with van der Waals surface area (Å²) in [6.07, 6.45) is 0. The summed E-state index contributed by atoms with van der Waals surface area (Å²) in [5, 5.41) is 9.37. The second-order valence-corrected chi connectivity index (χ2v) is 5.51. The molecule has 1 aromatic carbocycles. The lowest BCUT2D eigenvalue weighted by atomic mass is 9.85. The minimum Gasteiger partial charge on any atom is -0.395 e. The van der Waals surface area contributed by atoms with Gasteiger partial charge in [-0.1, -0.05) is 18.2 Å². The SMILES string of the molecule is Cc1ccc(CN(C)C(=O)C2(CO)COC2)cc1C. The number of carbonyl (C=O) groups excluding carboxylic acids is 1. The number of ether oxygens (including phenoxy) is 1. The van der Waals surface area contributed by atoms with Gasteiger partial charge in [-0.05, 0) is 30.5 Å². The van der Waals surface area contributed by atoms with Crippen LogP contribution >= 0.6 is 0 Å². The van der Waals surface area contributed by atoms with E-state index in [1.807, 2.05) is 6.07 Å². The fraction of sp³-hybridized carbons (Fsp3) is 0.533. The molecule has 2 rings (SSSR count). The molecule has 104 valence electrons. The van der Waals surface area contributed by atoms with Crippen LogP contribution in [0.5, 0.6) is 0 Å². The van der Waals surface area contributed by atoms with E-state index in [1.165, 1.54) is 11.1 Å². The van der Waals surface area contributed by atoms with E-state index in [9.17, 15) is 9.90 Å². The molecule has 1 heterocycles. The number of hydrogen-bond donors (Lipinski definition) is 1. The fourth-order valence-corrected chi connectivity index (χ4v) is 2.28. The summed E-state index contributed by atoms with van der Waals surface area (Å²) in [6, 6.07) is 6.20. The largest absolute Gasteiger partial charge is 0.395 e. The highest BCUT2D eigenvalue weighted by Crippen LogP contribution is 2.29. The Morgan fingerprint density at radius 3 is 2.53 bits per heavy atom. The number of amides is 1. The first-order chi connectivity index (χ1) is 8.98. The Balaban J connectivity index is 2.06. The van der Waals surface area contributed by atoms with Gasteiger partial charge in [-0.2, -0.15) is 0 Å². The summed E-state index contributed by atoms with van der Waals surface area (Å²) in [4.78, 5) is 14.0. The van der Waals surface area contributed by atoms with Crippen LogP contribution in [0, 0.1) is 19.3 Å². The highest BCUT2D eigenvalue weighted by molar-refractivity contribution is 5.83. The molecule has 4 heteroatoms. The second-order valence-electron chi connectivity index (χ2n) is 5.51. The van der Waals surface area contributed by atoms with E-state index in [4.69, 9.17) is 4.74 Å². The number of aliphatic hydroxyl groups excluding tert-OH is 1. The smallest absolute Gasteiger partial charge is 0.235 e. The van der Waals surface area contributed by atoms with Gasteiger partial charge in [-0.25, -0.2) is 0 Å². The lowest BCUT2D eigenvalue weighted by molar-refractivity contribution is -0.179. The topological polar surface area (TPSA) is 49.8 Å². The predicted octanol–water partition coefficient (Wildman–Crippen LogP) is 1.27. The second kappa shape index (κ2) is 5.31. The van der Waals surface area contributed by atoms with E-state index in [1.54, 1.807) is 11.9 Å². The summed E-state index contributed by atoms with van der Waals surface area (Å²) in [6.45, 7) is 5.18. The van der Waals surface area contributed by atoms with Gasteiger partial charge in [0, 0.05) is 13.6 Å². The van der Waals surface area contributed by atoms with Crippen molar-refractivity contribution in [2.45, 2.75) is 20.4 Å². The van der Waals surface area contributed by atoms with Gasteiger partial charge in [0.1, 0.15) is 5.41 Å². The minimum absolute atomic E-state index is 0.0421. The summed E-state index contributed by atoms with van der Waals surface area (Å²) in [7, 11) is 1.77. The quantitative estimate of drug-likeness (QED) is 0.890. The van der Waals surface area contributed by atoms with E-state index in [0.717, 1.165) is 5.56 Å². The van der Waals surface area contributed by atoms with Crippen molar-refractivity contribution in [2.24, 2.45) is 5.41 Å². The molecule has 1 saturated heterocycles. The molecule has 1 aliphatic rings. The monoisotopic (exact) mass is 263 g/mol. The predicted molar refractivity (Wildman–Crippen MR) is 72.7 cm³/mol. The van der Waals surface area contributed by atoms with Crippen LogP contribution in [0.15, 0.2) is 18.2 Å². The van der Waals surface area contributed by atoms with Gasteiger partial charge in [-0.3, -0.25) is 4.79 Å². The van der Waals surface area contributed by atoms with Crippen molar-refractivity contribution in [3.63, 3.8) is 0 Å². The Bertz CT molecular complexity index is 475. The molecule has 4 nitrogen and oxygen atoms in total. The van der Waals surface area contributed by atoms with Crippen molar-refractivity contribution in [3.8, 4) is 0 Å². The normalized spacial score (nSPS) is 16.8. The van der Waals surface area contributed by atoms with Crippen LogP contribution in [-0.4, -0.2) is 42.8 Å². The van der Waals surface area contributed by atoms with Crippen LogP contribution in [0.3, 0.4) is 0 Å². The number of hydrogen-bond acceptors (Lipinski definition) is 3. The highest BCUT2D eigenvalue weighted by atomic mass is 16.5. The molecule has 1 amide bonds. The first-order valence-corrected chi connectivity index (χ1v) is 6.49. The lowest BCUT2D eigenvalue weighted by Crippen LogP contribution is -2.56. The Labute approximate surface area is 114 Å². The summed E-state index contributed by atoms with van der Waals surface area (Å²) >= 11 is 0. The molecule has 1 fully saturated rings. The maximum absolute atomic E-state index is 12.3. The van der Waals surface area contributed by atoms with Crippen molar-refractivity contribution in [1.29, 1.82) is 0 Å². The number of nitrogens with zero attached hydrogens (tertiary/aromatic N) is 1. The molecule has 0 radical (unpaired) electrons. The summed E-state index contributed by atoms with van der Waals surface area (Å²) in [5.74, 6) is -0.0421. The van der Waals surface area contributed by atoms with Crippen molar-refractivity contribution >= 4 is 5.91 Å². The van der Waals surface area contributed by atoms with Crippen LogP contribution in [0.4, 0.5) is 0 Å². The average Bonchev–Trinajstić information content (AvgIpc) is 2.33. The van der Waals surface area contributed by atoms with Gasteiger partial charge < -0.3 is 14.7 Å². The minimum atomic E-state index is -0.714. The van der Waals surface area contributed by atoms with Gasteiger partial charge in [0.2, 0.25) is 5.91 Å². The maximum Gasteiger partial charge on any atom is 0.235 e. The zero-order valence-corrected chi connectivity index (χ0v) is 11.8. The number of carbonyl (C=O) groups is 1. The van der Waals surface area contributed by atoms with Gasteiger partial charge in [-0.15, -0.1) is 0 Å². The van der Waals surface area contributed by atoms with E-state index in [2.05, 4.69) is 26.0 Å². The third-order valence-electron chi connectivity index (χ3n) is 3.85. The molecule has 1 aliphatic heterocycles. The van der Waals surface area contributed by atoms with E-state index >= 15 is 0 Å². The zero-order valence-electron chi connectivity index (χ0n) is 11.8. The summed E-state index contributed by atoms with van der Waals surface area (Å²) in [5.41, 5.74) is 2.86. The Morgan fingerprint density at radius 2 is 2.05 bits per heavy atom. The van der Waals surface area contributed by atoms with Crippen LogP contribution in [0.1, 0.15) is 16.7 Å². The van der Waals surface area contributed by atoms with Crippen molar-refractivity contribution in [1.82, 2.24) is 4.90 Å². The third kappa shape index (κ3) is 2.65. The molecule has 0 aliphatic carbocycles.